The van der Waals surface area contributed by atoms with Gasteiger partial charge in [0.15, 0.2) is 0 Å². The minimum absolute atomic E-state index is 0.0393. The molecule has 19 heteroatoms. The number of benzene rings is 4. The highest BCUT2D eigenvalue weighted by Crippen LogP contribution is 2.42. The van der Waals surface area contributed by atoms with Gasteiger partial charge in [-0.15, -0.1) is 0 Å². The summed E-state index contributed by atoms with van der Waals surface area (Å²) in [4.78, 5) is 60.7. The van der Waals surface area contributed by atoms with Gasteiger partial charge in [-0.05, 0) is 96.1 Å². The fraction of sp³-hybridized carbons (Fsp3) is 0.261. The van der Waals surface area contributed by atoms with E-state index in [0.29, 0.717) is 46.6 Å². The van der Waals surface area contributed by atoms with Crippen molar-refractivity contribution in [1.82, 2.24) is 20.4 Å². The normalized spacial score (nSPS) is 18.7. The average molecular weight is 911 g/mol. The summed E-state index contributed by atoms with van der Waals surface area (Å²) in [5.41, 5.74) is 0.619. The molecule has 2 unspecified atom stereocenters. The van der Waals surface area contributed by atoms with Gasteiger partial charge < -0.3 is 20.4 Å². The lowest BCUT2D eigenvalue weighted by molar-refractivity contribution is -0.138. The van der Waals surface area contributed by atoms with Crippen molar-refractivity contribution < 1.29 is 45.5 Å². The molecule has 8 rings (SSSR count). The average Bonchev–Trinajstić information content (AvgIpc) is 3.79. The number of halogens is 6. The molecule has 4 aliphatic rings. The van der Waals surface area contributed by atoms with E-state index in [-0.39, 0.29) is 60.1 Å². The second-order valence-electron chi connectivity index (χ2n) is 15.5. The first kappa shape index (κ1) is 44.4. The van der Waals surface area contributed by atoms with Crippen LogP contribution in [0.15, 0.2) is 120 Å². The number of urea groups is 2. The Balaban J connectivity index is 0.918. The van der Waals surface area contributed by atoms with Gasteiger partial charge in [0.1, 0.15) is 0 Å². The molecule has 65 heavy (non-hydrogen) atoms. The summed E-state index contributed by atoms with van der Waals surface area (Å²) in [6.45, 7) is 0.437. The van der Waals surface area contributed by atoms with Crippen LogP contribution in [0.4, 0.5) is 47.3 Å². The quantitative estimate of drug-likeness (QED) is 0.107. The third-order valence-electron chi connectivity index (χ3n) is 11.4. The first-order valence-electron chi connectivity index (χ1n) is 20.3. The lowest BCUT2D eigenvalue weighted by Crippen LogP contribution is -2.47. The van der Waals surface area contributed by atoms with Crippen molar-refractivity contribution in [2.45, 2.75) is 37.3 Å². The number of anilines is 2. The van der Waals surface area contributed by atoms with Crippen molar-refractivity contribution in [2.75, 3.05) is 47.5 Å². The van der Waals surface area contributed by atoms with E-state index >= 15 is 0 Å². The number of alkyl halides is 6. The Labute approximate surface area is 372 Å². The van der Waals surface area contributed by atoms with E-state index in [4.69, 9.17) is 0 Å². The number of carbonyl (C=O) groups is 4. The fourth-order valence-corrected chi connectivity index (χ4v) is 9.23. The molecule has 0 saturated heterocycles. The van der Waals surface area contributed by atoms with Crippen molar-refractivity contribution in [1.29, 1.82) is 10.5 Å². The summed E-state index contributed by atoms with van der Waals surface area (Å²) < 4.78 is 82.3. The number of nitriles is 2. The molecule has 0 aromatic heterocycles. The molecule has 0 aliphatic carbocycles. The molecule has 2 atom stereocenters. The van der Waals surface area contributed by atoms with Gasteiger partial charge in [0.05, 0.1) is 93.5 Å². The molecule has 4 aromatic rings. The van der Waals surface area contributed by atoms with Crippen LogP contribution < -0.4 is 20.4 Å². The summed E-state index contributed by atoms with van der Waals surface area (Å²) in [5.74, 6) is 0.360. The zero-order valence-electron chi connectivity index (χ0n) is 34.0. The molecule has 0 saturated carbocycles. The highest BCUT2D eigenvalue weighted by molar-refractivity contribution is 7.99. The molecular weight excluding hydrogens is 875 g/mol. The van der Waals surface area contributed by atoms with Crippen LogP contribution in [-0.2, 0) is 21.9 Å². The number of nitrogens with one attached hydrogen (secondary N) is 2. The van der Waals surface area contributed by atoms with Gasteiger partial charge in [-0.3, -0.25) is 19.4 Å². The third-order valence-corrected chi connectivity index (χ3v) is 12.6. The van der Waals surface area contributed by atoms with E-state index in [1.165, 1.54) is 34.1 Å². The molecule has 12 nitrogen and oxygen atoms in total. The summed E-state index contributed by atoms with van der Waals surface area (Å²) >= 11 is 1.56. The largest absolute Gasteiger partial charge is 0.416 e. The lowest BCUT2D eigenvalue weighted by Gasteiger charge is -2.34. The predicted molar refractivity (Wildman–Crippen MR) is 226 cm³/mol. The number of rotatable bonds is 12. The van der Waals surface area contributed by atoms with Crippen molar-refractivity contribution >= 4 is 47.0 Å². The maximum atomic E-state index is 14.1. The molecule has 332 valence electrons. The van der Waals surface area contributed by atoms with Crippen LogP contribution in [0.3, 0.4) is 0 Å². The minimum atomic E-state index is -4.68. The van der Waals surface area contributed by atoms with E-state index in [1.54, 1.807) is 60.3 Å². The first-order chi connectivity index (χ1) is 31.1. The van der Waals surface area contributed by atoms with Crippen molar-refractivity contribution in [2.24, 2.45) is 0 Å². The standard InChI is InChI=1S/C46H36F6N8O4S/c47-45(48,49)31-5-1-7-33(21-31)59-35-25-57(41(61)37(35)39(55-43(59)63)29-13-9-27(23-53)10-14-29)17-3-19-65-20-4-18-58-26-36-38(42(58)62)40(30-15-11-28(24-54)12-16-30)56-44(64)60(36)34-8-2-6-32(22-34)46(50,51)52/h1-2,5-16,21-22,39-40H,3-4,17-20,25-26H2,(H,55,63)(H,56,64). The Morgan fingerprint density at radius 2 is 0.969 bits per heavy atom. The van der Waals surface area contributed by atoms with Crippen LogP contribution in [-0.4, -0.2) is 71.4 Å². The molecule has 0 radical (unpaired) electrons. The SMILES string of the molecule is N#Cc1ccc(C2NC(=O)N(c3cccc(C(F)(F)F)c3)C3=C2C(=O)N(CCCSCCCN2CC4=C(C2=O)C(c2ccc(C#N)cc2)NC(=O)N4c2cccc(C(F)(F)F)c2)C3)cc1. The van der Waals surface area contributed by atoms with E-state index in [9.17, 15) is 56.0 Å². The number of amides is 6. The van der Waals surface area contributed by atoms with Crippen LogP contribution in [0.1, 0.15) is 58.3 Å². The van der Waals surface area contributed by atoms with E-state index < -0.39 is 59.4 Å². The fourth-order valence-electron chi connectivity index (χ4n) is 8.36. The topological polar surface area (TPSA) is 153 Å². The highest BCUT2D eigenvalue weighted by Gasteiger charge is 2.47. The summed E-state index contributed by atoms with van der Waals surface area (Å²) in [6.07, 6.45) is -8.34. The Morgan fingerprint density at radius 1 is 0.585 bits per heavy atom. The van der Waals surface area contributed by atoms with Crippen molar-refractivity contribution in [3.63, 3.8) is 0 Å². The molecular formula is C46H36F6N8O4S. The Morgan fingerprint density at radius 3 is 1.32 bits per heavy atom. The summed E-state index contributed by atoms with van der Waals surface area (Å²) in [6, 6.07) is 22.0. The van der Waals surface area contributed by atoms with Gasteiger partial charge in [0, 0.05) is 13.1 Å². The third kappa shape index (κ3) is 8.84. The van der Waals surface area contributed by atoms with E-state index in [1.807, 2.05) is 12.1 Å². The zero-order valence-corrected chi connectivity index (χ0v) is 34.9. The maximum absolute atomic E-state index is 14.1. The molecule has 6 amide bonds. The second kappa shape index (κ2) is 17.7. The number of carbonyl (C=O) groups excluding carboxylic acids is 4. The van der Waals surface area contributed by atoms with Crippen LogP contribution >= 0.6 is 11.8 Å². The smallest absolute Gasteiger partial charge is 0.333 e. The van der Waals surface area contributed by atoms with Crippen LogP contribution in [0, 0.1) is 22.7 Å². The zero-order chi connectivity index (χ0) is 46.2. The Bertz CT molecular complexity index is 2540. The molecule has 4 heterocycles. The maximum Gasteiger partial charge on any atom is 0.416 e. The molecule has 0 fully saturated rings. The predicted octanol–water partition coefficient (Wildman–Crippen LogP) is 8.42. The summed E-state index contributed by atoms with van der Waals surface area (Å²) in [5, 5.41) is 24.1. The molecule has 2 N–H and O–H groups in total. The Kier molecular flexibility index (Phi) is 12.1. The second-order valence-corrected chi connectivity index (χ2v) is 16.7. The monoisotopic (exact) mass is 910 g/mol. The van der Waals surface area contributed by atoms with Crippen molar-refractivity contribution in [3.05, 3.63) is 153 Å². The first-order valence-corrected chi connectivity index (χ1v) is 21.4. The van der Waals surface area contributed by atoms with Gasteiger partial charge in [0.2, 0.25) is 0 Å². The van der Waals surface area contributed by atoms with E-state index in [0.717, 1.165) is 34.1 Å². The number of thioether (sulfide) groups is 1. The molecule has 0 spiro atoms. The van der Waals surface area contributed by atoms with Crippen molar-refractivity contribution in [3.8, 4) is 12.1 Å². The highest BCUT2D eigenvalue weighted by atomic mass is 32.2. The van der Waals surface area contributed by atoms with Crippen LogP contribution in [0.25, 0.3) is 0 Å². The van der Waals surface area contributed by atoms with Crippen LogP contribution in [0.2, 0.25) is 0 Å². The number of hydrogen-bond donors (Lipinski definition) is 2. The molecule has 4 aromatic carbocycles. The molecule has 4 aliphatic heterocycles. The Hall–Kier alpha value is -7.25. The van der Waals surface area contributed by atoms with Gasteiger partial charge >= 0.3 is 24.4 Å². The minimum Gasteiger partial charge on any atom is -0.333 e. The molecule has 0 bridgehead atoms. The number of hydrogen-bond acceptors (Lipinski definition) is 7. The van der Waals surface area contributed by atoms with Gasteiger partial charge in [0.25, 0.3) is 11.8 Å². The summed E-state index contributed by atoms with van der Waals surface area (Å²) in [7, 11) is 0. The van der Waals surface area contributed by atoms with Gasteiger partial charge in [-0.25, -0.2) is 9.59 Å². The van der Waals surface area contributed by atoms with Crippen LogP contribution in [0.5, 0.6) is 0 Å². The number of nitrogens with zero attached hydrogens (tertiary/aromatic N) is 6. The van der Waals surface area contributed by atoms with E-state index in [2.05, 4.69) is 10.6 Å². The van der Waals surface area contributed by atoms with Gasteiger partial charge in [-0.2, -0.15) is 48.6 Å². The lowest BCUT2D eigenvalue weighted by atomic mass is 9.94. The van der Waals surface area contributed by atoms with Gasteiger partial charge in [-0.1, -0.05) is 36.4 Å².